The Labute approximate surface area is 432 Å². The van der Waals surface area contributed by atoms with Gasteiger partial charge in [0.25, 0.3) is 0 Å². The molecule has 12 unspecified atom stereocenters. The fourth-order valence-electron chi connectivity index (χ4n) is 9.96. The topological polar surface area (TPSA) is 513 Å². The molecule has 6 rings (SSSR count). The molecule has 0 bridgehead atoms. The van der Waals surface area contributed by atoms with E-state index in [2.05, 4.69) is 16.0 Å². The number of aliphatic hydroxyl groups excluding tert-OH is 16. The van der Waals surface area contributed by atoms with Crippen molar-refractivity contribution in [1.29, 1.82) is 0 Å². The average Bonchev–Trinajstić information content (AvgIpc) is 3.38. The summed E-state index contributed by atoms with van der Waals surface area (Å²) >= 11 is 0. The molecule has 33 nitrogen and oxygen atoms in total. The van der Waals surface area contributed by atoms with Crippen molar-refractivity contribution in [3.63, 3.8) is 0 Å². The zero-order valence-corrected chi connectivity index (χ0v) is 41.4. The molecule has 6 saturated heterocycles. The van der Waals surface area contributed by atoms with Gasteiger partial charge >= 0.3 is 0 Å². The molecular formula is C43H73N3O30. The Morgan fingerprint density at radius 3 is 1.08 bits per heavy atom. The number of hydrogen-bond acceptors (Lipinski definition) is 30. The Bertz CT molecular complexity index is 1870. The second-order valence-electron chi connectivity index (χ2n) is 19.3. The van der Waals surface area contributed by atoms with E-state index < -0.39 is 241 Å². The summed E-state index contributed by atoms with van der Waals surface area (Å²) < 4.78 is 64.2. The zero-order chi connectivity index (χ0) is 56.2. The molecule has 0 aromatic heterocycles. The molecule has 6 aliphatic rings. The van der Waals surface area contributed by atoms with Gasteiger partial charge in [-0.2, -0.15) is 0 Å². The lowest BCUT2D eigenvalue weighted by molar-refractivity contribution is -0.395. The zero-order valence-electron chi connectivity index (χ0n) is 41.4. The third kappa shape index (κ3) is 13.6. The van der Waals surface area contributed by atoms with E-state index in [9.17, 15) is 96.1 Å². The van der Waals surface area contributed by atoms with Crippen molar-refractivity contribution in [1.82, 2.24) is 16.0 Å². The third-order valence-corrected chi connectivity index (χ3v) is 13.9. The highest BCUT2D eigenvalue weighted by molar-refractivity contribution is 5.74. The number of nitrogens with one attached hydrogen (secondary N) is 3. The lowest BCUT2D eigenvalue weighted by Gasteiger charge is -2.51. The summed E-state index contributed by atoms with van der Waals surface area (Å²) in [7, 11) is 0. The molecule has 33 heteroatoms. The first-order chi connectivity index (χ1) is 35.9. The van der Waals surface area contributed by atoms with Gasteiger partial charge in [-0.25, -0.2) is 0 Å². The molecule has 76 heavy (non-hydrogen) atoms. The lowest BCUT2D eigenvalue weighted by atomic mass is 9.92. The minimum Gasteiger partial charge on any atom is -0.394 e. The first-order valence-electron chi connectivity index (χ1n) is 24.4. The molecule has 0 aromatic rings. The normalized spacial score (nSPS) is 48.2. The van der Waals surface area contributed by atoms with E-state index in [0.29, 0.717) is 0 Å². The van der Waals surface area contributed by atoms with E-state index in [1.165, 1.54) is 13.8 Å². The van der Waals surface area contributed by atoms with Crippen LogP contribution in [0.25, 0.3) is 0 Å². The van der Waals surface area contributed by atoms with Gasteiger partial charge in [0.2, 0.25) is 17.7 Å². The van der Waals surface area contributed by atoms with Gasteiger partial charge in [-0.1, -0.05) is 0 Å². The highest BCUT2D eigenvalue weighted by Crippen LogP contribution is 2.37. The largest absolute Gasteiger partial charge is 0.394 e. The summed E-state index contributed by atoms with van der Waals surface area (Å²) in [5.41, 5.74) is 0. The third-order valence-electron chi connectivity index (χ3n) is 13.9. The molecule has 30 atom stereocenters. The summed E-state index contributed by atoms with van der Waals surface area (Å²) in [6, 6.07) is -4.51. The monoisotopic (exact) mass is 1110 g/mol. The van der Waals surface area contributed by atoms with Crippen LogP contribution in [0.3, 0.4) is 0 Å². The number of aliphatic hydroxyl groups is 16. The van der Waals surface area contributed by atoms with Crippen LogP contribution in [0.15, 0.2) is 0 Å². The maximum Gasteiger partial charge on any atom is 0.217 e. The minimum atomic E-state index is -2.25. The molecule has 6 fully saturated rings. The van der Waals surface area contributed by atoms with Gasteiger partial charge < -0.3 is 150 Å². The molecule has 3 amide bonds. The van der Waals surface area contributed by atoms with Crippen LogP contribution in [-0.4, -0.2) is 323 Å². The van der Waals surface area contributed by atoms with Crippen molar-refractivity contribution < 1.29 is 148 Å². The highest BCUT2D eigenvalue weighted by Gasteiger charge is 2.58. The van der Waals surface area contributed by atoms with Gasteiger partial charge in [0, 0.05) is 20.8 Å². The van der Waals surface area contributed by atoms with E-state index in [1.807, 2.05) is 0 Å². The van der Waals surface area contributed by atoms with Gasteiger partial charge in [0.05, 0.1) is 51.8 Å². The van der Waals surface area contributed by atoms with Gasteiger partial charge in [0.15, 0.2) is 31.5 Å². The van der Waals surface area contributed by atoms with Crippen LogP contribution in [0.4, 0.5) is 0 Å². The minimum absolute atomic E-state index is 0.549. The summed E-state index contributed by atoms with van der Waals surface area (Å²) in [5, 5.41) is 181. The van der Waals surface area contributed by atoms with Crippen LogP contribution >= 0.6 is 0 Å². The SMILES string of the molecule is CC(=O)NC1[C@H](OC2C(O)[C@@H](O)[C@@H](CO)O[C@H]2O[C@@H]2C(O)[C@H](O[C@H]3C(CO)O[C@@H](O[C@H]4C(CO)O[C@@H](C)C(NC(C)=O)[C@H]4O)C(NC(C)=O)[C@H]3O)OC(CO)[C@@H]2O)OC(CO)[C@H](O[C@@H]2OC(CO)[C@H](O)[C@H](O)C2O)[C@@H]1O. The van der Waals surface area contributed by atoms with Crippen LogP contribution in [0.5, 0.6) is 0 Å². The quantitative estimate of drug-likeness (QED) is 0.0571. The van der Waals surface area contributed by atoms with E-state index >= 15 is 0 Å². The summed E-state index contributed by atoms with van der Waals surface area (Å²) in [4.78, 5) is 37.1. The Hall–Kier alpha value is -2.67. The van der Waals surface area contributed by atoms with Gasteiger partial charge in [-0.15, -0.1) is 0 Å². The van der Waals surface area contributed by atoms with E-state index in [4.69, 9.17) is 52.1 Å². The highest BCUT2D eigenvalue weighted by atomic mass is 16.8. The average molecular weight is 1110 g/mol. The second kappa shape index (κ2) is 27.2. The summed E-state index contributed by atoms with van der Waals surface area (Å²) in [6.45, 7) is -0.877. The molecule has 440 valence electrons. The van der Waals surface area contributed by atoms with Crippen molar-refractivity contribution in [3.05, 3.63) is 0 Å². The number of ether oxygens (including phenoxy) is 11. The lowest BCUT2D eigenvalue weighted by Crippen LogP contribution is -2.70. The predicted molar refractivity (Wildman–Crippen MR) is 237 cm³/mol. The molecule has 19 N–H and O–H groups in total. The molecule has 0 aliphatic carbocycles. The number of carbonyl (C=O) groups is 3. The van der Waals surface area contributed by atoms with Crippen LogP contribution < -0.4 is 16.0 Å². The van der Waals surface area contributed by atoms with Crippen molar-refractivity contribution in [2.24, 2.45) is 0 Å². The van der Waals surface area contributed by atoms with E-state index in [-0.39, 0.29) is 0 Å². The van der Waals surface area contributed by atoms with Crippen molar-refractivity contribution in [3.8, 4) is 0 Å². The standard InChI is InChI=1S/C43H73N3O30/c1-11-21(44-12(2)53)27(59)34(18(8-50)66-11)72-39-22(45-13(3)54)28(60)36(20(10-52)70-39)74-42-33(65)37(26(58)17(7-49)68-42)75-43-38(31(63)25(57)16(6-48)69-43)76-40-23(46-14(4)55)29(61)35(19(9-51)71-40)73-41-32(64)30(62)24(56)15(5-47)67-41/h11,15-43,47-52,56-65H,5-10H2,1-4H3,(H,44,53)(H,45,54)(H,46,55)/t11-,15?,16+,17?,18?,19?,20?,21?,22?,23?,24-,25-,26-,27+,28+,29+,30-,31?,32?,33?,34-,35-,36-,37-,38?,39-,40-,41-,42-,43-/m0/s1. The van der Waals surface area contributed by atoms with Gasteiger partial charge in [-0.3, -0.25) is 14.4 Å². The van der Waals surface area contributed by atoms with Crippen molar-refractivity contribution >= 4 is 17.7 Å². The molecule has 6 heterocycles. The number of hydrogen-bond donors (Lipinski definition) is 19. The van der Waals surface area contributed by atoms with Crippen LogP contribution in [0.1, 0.15) is 27.7 Å². The Morgan fingerprint density at radius 2 is 0.645 bits per heavy atom. The maximum absolute atomic E-state index is 12.6. The fraction of sp³-hybridized carbons (Fsp3) is 0.930. The maximum atomic E-state index is 12.6. The summed E-state index contributed by atoms with van der Waals surface area (Å²) in [5.74, 6) is -2.17. The fourth-order valence-corrected chi connectivity index (χ4v) is 9.96. The molecule has 0 aromatic carbocycles. The van der Waals surface area contributed by atoms with Crippen LogP contribution in [0.2, 0.25) is 0 Å². The van der Waals surface area contributed by atoms with Crippen molar-refractivity contribution in [2.75, 3.05) is 39.6 Å². The molecule has 0 saturated carbocycles. The first-order valence-corrected chi connectivity index (χ1v) is 24.4. The van der Waals surface area contributed by atoms with Crippen molar-refractivity contribution in [2.45, 2.75) is 212 Å². The Kier molecular flexibility index (Phi) is 22.4. The predicted octanol–water partition coefficient (Wildman–Crippen LogP) is -12.6. The number of rotatable bonds is 19. The molecule has 0 radical (unpaired) electrons. The Morgan fingerprint density at radius 1 is 0.329 bits per heavy atom. The molecular weight excluding hydrogens is 1040 g/mol. The molecule has 6 aliphatic heterocycles. The van der Waals surface area contributed by atoms with E-state index in [0.717, 1.165) is 13.8 Å². The Balaban J connectivity index is 1.24. The summed E-state index contributed by atoms with van der Waals surface area (Å²) in [6.07, 6.45) is -49.3. The van der Waals surface area contributed by atoms with Crippen LogP contribution in [0, 0.1) is 0 Å². The number of carbonyl (C=O) groups excluding carboxylic acids is 3. The number of amides is 3. The van der Waals surface area contributed by atoms with Crippen LogP contribution in [-0.2, 0) is 66.5 Å². The van der Waals surface area contributed by atoms with Gasteiger partial charge in [0.1, 0.15) is 140 Å². The van der Waals surface area contributed by atoms with Gasteiger partial charge in [-0.05, 0) is 6.92 Å². The molecule has 0 spiro atoms. The van der Waals surface area contributed by atoms with E-state index in [1.54, 1.807) is 0 Å². The smallest absolute Gasteiger partial charge is 0.217 e. The second-order valence-corrected chi connectivity index (χ2v) is 19.3. The first kappa shape index (κ1) is 62.5.